The minimum atomic E-state index is -1.19. The molecule has 0 aliphatic carbocycles. The summed E-state index contributed by atoms with van der Waals surface area (Å²) in [6.45, 7) is 0.294. The maximum atomic E-state index is 10.1. The summed E-state index contributed by atoms with van der Waals surface area (Å²) in [5.74, 6) is 0. The number of hydrogen-bond donors (Lipinski definition) is 1. The number of halogens is 2. The lowest BCUT2D eigenvalue weighted by Crippen LogP contribution is -2.01. The zero-order valence-corrected chi connectivity index (χ0v) is 12.2. The highest BCUT2D eigenvalue weighted by Crippen LogP contribution is 2.23. The molecule has 0 unspecified atom stereocenters. The number of carbonyl (C=O) groups is 1. The fourth-order valence-electron chi connectivity index (χ4n) is 1.82. The van der Waals surface area contributed by atoms with Crippen LogP contribution in [0.4, 0.5) is 4.79 Å². The Hall–Kier alpha value is -0.930. The molecule has 5 heteroatoms. The minimum Gasteiger partial charge on any atom is -0.450 e. The van der Waals surface area contributed by atoms with Gasteiger partial charge in [0, 0.05) is 0 Å². The van der Waals surface area contributed by atoms with Crippen LogP contribution < -0.4 is 0 Å². The Balaban J connectivity index is 2.04. The van der Waals surface area contributed by atoms with E-state index in [1.165, 1.54) is 5.56 Å². The Morgan fingerprint density at radius 3 is 2.42 bits per heavy atom. The number of unbranched alkanes of at least 4 members (excludes halogenated alkanes) is 4. The van der Waals surface area contributed by atoms with Crippen molar-refractivity contribution in [1.82, 2.24) is 0 Å². The molecule has 0 saturated carbocycles. The summed E-state index contributed by atoms with van der Waals surface area (Å²) in [4.78, 5) is 10.1. The number of rotatable bonds is 8. The number of carboxylic acid groups (broad SMARTS) is 1. The van der Waals surface area contributed by atoms with E-state index in [0.29, 0.717) is 16.7 Å². The van der Waals surface area contributed by atoms with Crippen molar-refractivity contribution in [3.8, 4) is 0 Å². The third-order valence-corrected chi connectivity index (χ3v) is 3.56. The van der Waals surface area contributed by atoms with Gasteiger partial charge in [-0.25, -0.2) is 4.79 Å². The van der Waals surface area contributed by atoms with Crippen LogP contribution in [-0.2, 0) is 11.2 Å². The third-order valence-electron chi connectivity index (χ3n) is 2.82. The average molecular weight is 305 g/mol. The predicted molar refractivity (Wildman–Crippen MR) is 77.2 cm³/mol. The summed E-state index contributed by atoms with van der Waals surface area (Å²) in [6.07, 6.45) is 4.88. The van der Waals surface area contributed by atoms with Crippen LogP contribution >= 0.6 is 23.2 Å². The van der Waals surface area contributed by atoms with E-state index in [4.69, 9.17) is 28.3 Å². The average Bonchev–Trinajstić information content (AvgIpc) is 2.36. The van der Waals surface area contributed by atoms with Gasteiger partial charge in [-0.2, -0.15) is 0 Å². The van der Waals surface area contributed by atoms with Gasteiger partial charge in [0.25, 0.3) is 0 Å². The normalized spacial score (nSPS) is 10.4. The first-order chi connectivity index (χ1) is 9.09. The molecule has 1 N–H and O–H groups in total. The van der Waals surface area contributed by atoms with Crippen LogP contribution in [0.25, 0.3) is 0 Å². The van der Waals surface area contributed by atoms with E-state index in [1.54, 1.807) is 0 Å². The molecule has 0 bridgehead atoms. The van der Waals surface area contributed by atoms with Gasteiger partial charge < -0.3 is 9.84 Å². The Morgan fingerprint density at radius 1 is 1.05 bits per heavy atom. The highest BCUT2D eigenvalue weighted by Gasteiger charge is 2.00. The SMILES string of the molecule is O=C(O)OCCCCCCCc1ccc(Cl)c(Cl)c1. The lowest BCUT2D eigenvalue weighted by molar-refractivity contribution is 0.0899. The molecule has 1 aromatic carbocycles. The van der Waals surface area contributed by atoms with Crippen LogP contribution in [0.5, 0.6) is 0 Å². The fraction of sp³-hybridized carbons (Fsp3) is 0.500. The van der Waals surface area contributed by atoms with Gasteiger partial charge in [-0.1, -0.05) is 48.5 Å². The molecule has 0 aliphatic rings. The highest BCUT2D eigenvalue weighted by atomic mass is 35.5. The summed E-state index contributed by atoms with van der Waals surface area (Å²) in [7, 11) is 0. The van der Waals surface area contributed by atoms with Gasteiger partial charge in [0.05, 0.1) is 16.7 Å². The lowest BCUT2D eigenvalue weighted by atomic mass is 10.1. The molecule has 3 nitrogen and oxygen atoms in total. The van der Waals surface area contributed by atoms with Crippen molar-refractivity contribution >= 4 is 29.4 Å². The molecule has 1 aromatic rings. The zero-order valence-electron chi connectivity index (χ0n) is 10.7. The molecular weight excluding hydrogens is 287 g/mol. The van der Waals surface area contributed by atoms with Gasteiger partial charge in [0.2, 0.25) is 0 Å². The Kier molecular flexibility index (Phi) is 7.68. The molecule has 0 saturated heterocycles. The second-order valence-corrected chi connectivity index (χ2v) is 5.19. The molecule has 0 amide bonds. The molecule has 0 fully saturated rings. The van der Waals surface area contributed by atoms with Crippen LogP contribution in [-0.4, -0.2) is 17.9 Å². The van der Waals surface area contributed by atoms with E-state index in [2.05, 4.69) is 4.74 Å². The summed E-state index contributed by atoms with van der Waals surface area (Å²) < 4.78 is 4.43. The quantitative estimate of drug-likeness (QED) is 0.531. The monoisotopic (exact) mass is 304 g/mol. The standard InChI is InChI=1S/C14H18Cl2O3/c15-12-8-7-11(10-13(12)16)6-4-2-1-3-5-9-19-14(17)18/h7-8,10H,1-6,9H2,(H,17,18). The van der Waals surface area contributed by atoms with Crippen molar-refractivity contribution < 1.29 is 14.6 Å². The summed E-state index contributed by atoms with van der Waals surface area (Å²) in [5.41, 5.74) is 1.20. The van der Waals surface area contributed by atoms with E-state index in [9.17, 15) is 4.79 Å². The predicted octanol–water partition coefficient (Wildman–Crippen LogP) is 5.18. The Bertz CT molecular complexity index is 408. The smallest absolute Gasteiger partial charge is 0.450 e. The van der Waals surface area contributed by atoms with Crippen molar-refractivity contribution in [1.29, 1.82) is 0 Å². The first-order valence-corrected chi connectivity index (χ1v) is 7.15. The lowest BCUT2D eigenvalue weighted by Gasteiger charge is -2.04. The van der Waals surface area contributed by atoms with Crippen LogP contribution in [0.2, 0.25) is 10.0 Å². The van der Waals surface area contributed by atoms with Crippen molar-refractivity contribution in [2.75, 3.05) is 6.61 Å². The number of aryl methyl sites for hydroxylation is 1. The maximum absolute atomic E-state index is 10.1. The number of ether oxygens (including phenoxy) is 1. The molecule has 0 radical (unpaired) electrons. The van der Waals surface area contributed by atoms with E-state index in [1.807, 2.05) is 18.2 Å². The Labute approximate surface area is 123 Å². The van der Waals surface area contributed by atoms with Crippen LogP contribution in [0, 0.1) is 0 Å². The third kappa shape index (κ3) is 7.28. The van der Waals surface area contributed by atoms with Crippen LogP contribution in [0.1, 0.15) is 37.7 Å². The largest absolute Gasteiger partial charge is 0.505 e. The molecule has 0 aliphatic heterocycles. The van der Waals surface area contributed by atoms with Gasteiger partial charge in [-0.05, 0) is 37.0 Å². The van der Waals surface area contributed by atoms with Crippen molar-refractivity contribution in [2.45, 2.75) is 38.5 Å². The molecule has 0 aromatic heterocycles. The topological polar surface area (TPSA) is 46.5 Å². The zero-order chi connectivity index (χ0) is 14.1. The molecule has 1 rings (SSSR count). The van der Waals surface area contributed by atoms with Gasteiger partial charge in [-0.3, -0.25) is 0 Å². The molecule has 19 heavy (non-hydrogen) atoms. The first-order valence-electron chi connectivity index (χ1n) is 6.39. The Morgan fingerprint density at radius 2 is 1.74 bits per heavy atom. The number of hydrogen-bond acceptors (Lipinski definition) is 2. The van der Waals surface area contributed by atoms with Crippen molar-refractivity contribution in [3.05, 3.63) is 33.8 Å². The highest BCUT2D eigenvalue weighted by molar-refractivity contribution is 6.42. The van der Waals surface area contributed by atoms with Crippen molar-refractivity contribution in [2.24, 2.45) is 0 Å². The van der Waals surface area contributed by atoms with Gasteiger partial charge in [0.1, 0.15) is 0 Å². The summed E-state index contributed by atoms with van der Waals surface area (Å²) in [6, 6.07) is 5.72. The molecule has 0 spiro atoms. The van der Waals surface area contributed by atoms with E-state index in [-0.39, 0.29) is 0 Å². The first kappa shape index (κ1) is 16.1. The van der Waals surface area contributed by atoms with Crippen molar-refractivity contribution in [3.63, 3.8) is 0 Å². The van der Waals surface area contributed by atoms with Gasteiger partial charge >= 0.3 is 6.16 Å². The van der Waals surface area contributed by atoms with E-state index in [0.717, 1.165) is 38.5 Å². The van der Waals surface area contributed by atoms with Crippen LogP contribution in [0.3, 0.4) is 0 Å². The number of benzene rings is 1. The summed E-state index contributed by atoms with van der Waals surface area (Å²) >= 11 is 11.8. The van der Waals surface area contributed by atoms with Gasteiger partial charge in [-0.15, -0.1) is 0 Å². The molecular formula is C14H18Cl2O3. The van der Waals surface area contributed by atoms with E-state index >= 15 is 0 Å². The van der Waals surface area contributed by atoms with Crippen LogP contribution in [0.15, 0.2) is 18.2 Å². The molecule has 0 heterocycles. The maximum Gasteiger partial charge on any atom is 0.505 e. The molecule has 106 valence electrons. The fourth-order valence-corrected chi connectivity index (χ4v) is 2.14. The van der Waals surface area contributed by atoms with Gasteiger partial charge in [0.15, 0.2) is 0 Å². The summed E-state index contributed by atoms with van der Waals surface area (Å²) in [5, 5.41) is 9.47. The molecule has 0 atom stereocenters. The van der Waals surface area contributed by atoms with E-state index < -0.39 is 6.16 Å². The second-order valence-electron chi connectivity index (χ2n) is 4.38. The minimum absolute atomic E-state index is 0.294. The second kappa shape index (κ2) is 9.05.